The molecule has 0 aromatic rings. The van der Waals surface area contributed by atoms with Crippen LogP contribution in [0.25, 0.3) is 0 Å². The summed E-state index contributed by atoms with van der Waals surface area (Å²) in [5, 5.41) is 0. The molecule has 3 heteroatoms. The van der Waals surface area contributed by atoms with Gasteiger partial charge in [0.15, 0.2) is 0 Å². The molecule has 0 saturated heterocycles. The van der Waals surface area contributed by atoms with E-state index in [0.29, 0.717) is 5.92 Å². The molecule has 2 rings (SSSR count). The van der Waals surface area contributed by atoms with Crippen LogP contribution in [0.1, 0.15) is 71.1 Å². The fraction of sp³-hybridized carbons (Fsp3) is 0.933. The zero-order valence-corrected chi connectivity index (χ0v) is 11.6. The maximum absolute atomic E-state index is 12.3. The maximum Gasteiger partial charge on any atom is 0.326 e. The van der Waals surface area contributed by atoms with Crippen molar-refractivity contribution >= 4 is 5.97 Å². The fourth-order valence-electron chi connectivity index (χ4n) is 3.28. The van der Waals surface area contributed by atoms with Crippen molar-refractivity contribution in [1.29, 1.82) is 0 Å². The van der Waals surface area contributed by atoms with Crippen LogP contribution in [0.5, 0.6) is 0 Å². The van der Waals surface area contributed by atoms with Gasteiger partial charge in [-0.1, -0.05) is 39.0 Å². The number of hydrogen-bond acceptors (Lipinski definition) is 3. The normalized spacial score (nSPS) is 32.6. The van der Waals surface area contributed by atoms with E-state index in [0.717, 1.165) is 32.1 Å². The average molecular weight is 253 g/mol. The Hall–Kier alpha value is -0.570. The fourth-order valence-corrected chi connectivity index (χ4v) is 3.28. The summed E-state index contributed by atoms with van der Waals surface area (Å²) in [5.74, 6) is 0.361. The molecule has 0 aliphatic heterocycles. The number of ether oxygens (including phenoxy) is 1. The van der Waals surface area contributed by atoms with Gasteiger partial charge >= 0.3 is 5.97 Å². The van der Waals surface area contributed by atoms with Crippen molar-refractivity contribution in [3.63, 3.8) is 0 Å². The number of carbonyl (C=O) groups is 1. The Kier molecular flexibility index (Phi) is 4.66. The first-order valence-electron chi connectivity index (χ1n) is 7.62. The standard InChI is InChI=1S/C15H27NO2/c1-12-8-4-5-9-13(12)18-14(17)15(16)10-6-2-3-7-11-15/h12-13H,2-11,16H2,1H3. The molecule has 0 aromatic carbocycles. The van der Waals surface area contributed by atoms with Crippen LogP contribution in [-0.2, 0) is 9.53 Å². The van der Waals surface area contributed by atoms with Gasteiger partial charge < -0.3 is 10.5 Å². The summed E-state index contributed by atoms with van der Waals surface area (Å²) in [6.45, 7) is 2.19. The quantitative estimate of drug-likeness (QED) is 0.607. The minimum Gasteiger partial charge on any atom is -0.461 e. The second-order valence-corrected chi connectivity index (χ2v) is 6.28. The summed E-state index contributed by atoms with van der Waals surface area (Å²) in [6.07, 6.45) is 10.9. The second-order valence-electron chi connectivity index (χ2n) is 6.28. The zero-order chi connectivity index (χ0) is 13.0. The van der Waals surface area contributed by atoms with Crippen LogP contribution in [0, 0.1) is 5.92 Å². The summed E-state index contributed by atoms with van der Waals surface area (Å²) >= 11 is 0. The molecule has 2 aliphatic rings. The third-order valence-electron chi connectivity index (χ3n) is 4.69. The van der Waals surface area contributed by atoms with Gasteiger partial charge in [-0.25, -0.2) is 0 Å². The summed E-state index contributed by atoms with van der Waals surface area (Å²) in [5.41, 5.74) is 5.59. The Balaban J connectivity index is 1.92. The molecule has 0 spiro atoms. The van der Waals surface area contributed by atoms with Crippen LogP contribution in [-0.4, -0.2) is 17.6 Å². The smallest absolute Gasteiger partial charge is 0.326 e. The number of carbonyl (C=O) groups excluding carboxylic acids is 1. The minimum atomic E-state index is -0.701. The summed E-state index contributed by atoms with van der Waals surface area (Å²) < 4.78 is 5.74. The second kappa shape index (κ2) is 6.05. The number of nitrogens with two attached hydrogens (primary N) is 1. The van der Waals surface area contributed by atoms with Gasteiger partial charge in [-0.15, -0.1) is 0 Å². The van der Waals surface area contributed by atoms with E-state index in [-0.39, 0.29) is 12.1 Å². The van der Waals surface area contributed by atoms with E-state index in [1.165, 1.54) is 32.1 Å². The van der Waals surface area contributed by atoms with E-state index in [2.05, 4.69) is 6.92 Å². The molecule has 0 heterocycles. The van der Waals surface area contributed by atoms with Crippen LogP contribution < -0.4 is 5.73 Å². The Morgan fingerprint density at radius 2 is 1.67 bits per heavy atom. The Morgan fingerprint density at radius 3 is 2.28 bits per heavy atom. The van der Waals surface area contributed by atoms with Crippen LogP contribution in [0.3, 0.4) is 0 Å². The van der Waals surface area contributed by atoms with Crippen LogP contribution in [0.15, 0.2) is 0 Å². The predicted molar refractivity (Wildman–Crippen MR) is 72.1 cm³/mol. The molecule has 0 amide bonds. The van der Waals surface area contributed by atoms with E-state index in [9.17, 15) is 4.79 Å². The van der Waals surface area contributed by atoms with Gasteiger partial charge in [0, 0.05) is 0 Å². The summed E-state index contributed by atoms with van der Waals surface area (Å²) in [4.78, 5) is 12.3. The van der Waals surface area contributed by atoms with Crippen LogP contribution in [0.4, 0.5) is 0 Å². The summed E-state index contributed by atoms with van der Waals surface area (Å²) in [7, 11) is 0. The molecule has 2 saturated carbocycles. The Morgan fingerprint density at radius 1 is 1.06 bits per heavy atom. The molecule has 2 N–H and O–H groups in total. The monoisotopic (exact) mass is 253 g/mol. The lowest BCUT2D eigenvalue weighted by Gasteiger charge is -2.33. The molecule has 104 valence electrons. The van der Waals surface area contributed by atoms with Gasteiger partial charge in [0.1, 0.15) is 11.6 Å². The topological polar surface area (TPSA) is 52.3 Å². The average Bonchev–Trinajstić information content (AvgIpc) is 2.58. The van der Waals surface area contributed by atoms with Crippen molar-refractivity contribution in [3.8, 4) is 0 Å². The van der Waals surface area contributed by atoms with Gasteiger partial charge in [-0.05, 0) is 38.0 Å². The predicted octanol–water partition coefficient (Wildman–Crippen LogP) is 3.16. The van der Waals surface area contributed by atoms with Crippen molar-refractivity contribution < 1.29 is 9.53 Å². The first kappa shape index (κ1) is 13.9. The van der Waals surface area contributed by atoms with E-state index in [1.807, 2.05) is 0 Å². The SMILES string of the molecule is CC1CCCCC1OC(=O)C1(N)CCCCCC1. The van der Waals surface area contributed by atoms with Crippen molar-refractivity contribution in [2.45, 2.75) is 82.8 Å². The van der Waals surface area contributed by atoms with Gasteiger partial charge in [0.05, 0.1) is 0 Å². The van der Waals surface area contributed by atoms with Gasteiger partial charge in [-0.2, -0.15) is 0 Å². The molecule has 2 atom stereocenters. The van der Waals surface area contributed by atoms with Crippen molar-refractivity contribution in [2.75, 3.05) is 0 Å². The van der Waals surface area contributed by atoms with Gasteiger partial charge in [-0.3, -0.25) is 4.79 Å². The molecular formula is C15H27NO2. The van der Waals surface area contributed by atoms with Gasteiger partial charge in [0.25, 0.3) is 0 Å². The van der Waals surface area contributed by atoms with E-state index >= 15 is 0 Å². The lowest BCUT2D eigenvalue weighted by atomic mass is 9.87. The van der Waals surface area contributed by atoms with E-state index in [4.69, 9.17) is 10.5 Å². The highest BCUT2D eigenvalue weighted by atomic mass is 16.5. The van der Waals surface area contributed by atoms with Crippen molar-refractivity contribution in [1.82, 2.24) is 0 Å². The lowest BCUT2D eigenvalue weighted by Crippen LogP contribution is -2.50. The largest absolute Gasteiger partial charge is 0.461 e. The number of hydrogen-bond donors (Lipinski definition) is 1. The minimum absolute atomic E-state index is 0.106. The van der Waals surface area contributed by atoms with Crippen LogP contribution >= 0.6 is 0 Å². The van der Waals surface area contributed by atoms with E-state index in [1.54, 1.807) is 0 Å². The van der Waals surface area contributed by atoms with Crippen molar-refractivity contribution in [2.24, 2.45) is 11.7 Å². The Bertz CT molecular complexity index is 282. The van der Waals surface area contributed by atoms with Crippen LogP contribution in [0.2, 0.25) is 0 Å². The zero-order valence-electron chi connectivity index (χ0n) is 11.6. The third kappa shape index (κ3) is 3.25. The highest BCUT2D eigenvalue weighted by molar-refractivity contribution is 5.80. The molecular weight excluding hydrogens is 226 g/mol. The van der Waals surface area contributed by atoms with E-state index < -0.39 is 5.54 Å². The van der Waals surface area contributed by atoms with Gasteiger partial charge in [0.2, 0.25) is 0 Å². The lowest BCUT2D eigenvalue weighted by molar-refractivity contribution is -0.160. The summed E-state index contributed by atoms with van der Waals surface area (Å²) in [6, 6.07) is 0. The van der Waals surface area contributed by atoms with Crippen molar-refractivity contribution in [3.05, 3.63) is 0 Å². The number of esters is 1. The molecule has 0 bridgehead atoms. The first-order chi connectivity index (χ1) is 8.62. The molecule has 18 heavy (non-hydrogen) atoms. The maximum atomic E-state index is 12.3. The highest BCUT2D eigenvalue weighted by Gasteiger charge is 2.38. The number of rotatable bonds is 2. The first-order valence-corrected chi connectivity index (χ1v) is 7.62. The third-order valence-corrected chi connectivity index (χ3v) is 4.69. The molecule has 2 aliphatic carbocycles. The molecule has 2 unspecified atom stereocenters. The highest BCUT2D eigenvalue weighted by Crippen LogP contribution is 2.30. The molecule has 2 fully saturated rings. The molecule has 0 radical (unpaired) electrons. The molecule has 3 nitrogen and oxygen atoms in total. The Labute approximate surface area is 110 Å². The molecule has 0 aromatic heterocycles.